The van der Waals surface area contributed by atoms with E-state index in [1.54, 1.807) is 11.8 Å². The van der Waals surface area contributed by atoms with Crippen LogP contribution in [0.1, 0.15) is 47.2 Å². The van der Waals surface area contributed by atoms with Crippen LogP contribution in [0.15, 0.2) is 42.5 Å². The highest BCUT2D eigenvalue weighted by atomic mass is 32.2. The number of piperidine rings is 1. The Bertz CT molecular complexity index is 909. The lowest BCUT2D eigenvalue weighted by Crippen LogP contribution is -2.41. The molecule has 1 saturated heterocycles. The quantitative estimate of drug-likeness (QED) is 0.597. The third-order valence-electron chi connectivity index (χ3n) is 5.83. The fraction of sp³-hybridized carbons (Fsp3) is 0.440. The summed E-state index contributed by atoms with van der Waals surface area (Å²) in [5.41, 5.74) is 4.65. The molecule has 2 N–H and O–H groups in total. The second-order valence-electron chi connectivity index (χ2n) is 8.18. The number of nitrogens with one attached hydrogen (secondary N) is 1. The Hall–Kier alpha value is -2.31. The first-order chi connectivity index (χ1) is 15.0. The van der Waals surface area contributed by atoms with Crippen LogP contribution in [0.3, 0.4) is 0 Å². The van der Waals surface area contributed by atoms with E-state index in [0.717, 1.165) is 36.3 Å². The molecule has 6 heteroatoms. The molecule has 0 spiro atoms. The number of carboxylic acids is 1. The average Bonchev–Trinajstić information content (AvgIpc) is 2.77. The van der Waals surface area contributed by atoms with Crippen molar-refractivity contribution in [1.29, 1.82) is 0 Å². The molecule has 1 amide bonds. The van der Waals surface area contributed by atoms with Gasteiger partial charge in [0.1, 0.15) is 6.04 Å². The standard InChI is InChI=1S/C25H32N2O3S/c1-18-8-4-5-9-20(18)22-16-19(17-27-13-6-3-7-14-27)10-11-21(22)24(28)26-23(25(29)30)12-15-31-2/h4-5,8-11,16,23H,3,6-7,12-15,17H2,1-2H3,(H,26,28)(H,29,30). The fourth-order valence-corrected chi connectivity index (χ4v) is 4.56. The van der Waals surface area contributed by atoms with E-state index in [0.29, 0.717) is 17.7 Å². The highest BCUT2D eigenvalue weighted by Crippen LogP contribution is 2.29. The maximum absolute atomic E-state index is 13.1. The normalized spacial score (nSPS) is 15.4. The van der Waals surface area contributed by atoms with Gasteiger partial charge in [-0.25, -0.2) is 4.79 Å². The van der Waals surface area contributed by atoms with Gasteiger partial charge >= 0.3 is 5.97 Å². The number of aliphatic carboxylic acids is 1. The molecule has 1 aliphatic rings. The van der Waals surface area contributed by atoms with Crippen molar-refractivity contribution in [3.05, 3.63) is 59.2 Å². The molecule has 3 rings (SSSR count). The van der Waals surface area contributed by atoms with Crippen LogP contribution < -0.4 is 5.32 Å². The predicted octanol–water partition coefficient (Wildman–Crippen LogP) is 4.58. The molecule has 0 bridgehead atoms. The van der Waals surface area contributed by atoms with Gasteiger partial charge in [-0.05, 0) is 85.7 Å². The van der Waals surface area contributed by atoms with E-state index < -0.39 is 12.0 Å². The van der Waals surface area contributed by atoms with Crippen LogP contribution in [0.25, 0.3) is 11.1 Å². The molecule has 0 aromatic heterocycles. The highest BCUT2D eigenvalue weighted by molar-refractivity contribution is 7.98. The number of nitrogens with zero attached hydrogens (tertiary/aromatic N) is 1. The molecule has 0 aliphatic carbocycles. The van der Waals surface area contributed by atoms with Gasteiger partial charge in [0, 0.05) is 12.1 Å². The monoisotopic (exact) mass is 440 g/mol. The Kier molecular flexibility index (Phi) is 8.55. The second-order valence-corrected chi connectivity index (χ2v) is 9.16. The summed E-state index contributed by atoms with van der Waals surface area (Å²) in [6.07, 6.45) is 6.09. The minimum Gasteiger partial charge on any atom is -0.480 e. The van der Waals surface area contributed by atoms with Crippen molar-refractivity contribution < 1.29 is 14.7 Å². The van der Waals surface area contributed by atoms with Gasteiger partial charge in [0.15, 0.2) is 0 Å². The van der Waals surface area contributed by atoms with Crippen LogP contribution >= 0.6 is 11.8 Å². The molecule has 2 aromatic rings. The summed E-state index contributed by atoms with van der Waals surface area (Å²) < 4.78 is 0. The van der Waals surface area contributed by atoms with E-state index in [9.17, 15) is 14.7 Å². The number of carbonyl (C=O) groups excluding carboxylic acids is 1. The summed E-state index contributed by atoms with van der Waals surface area (Å²) in [4.78, 5) is 27.2. The Morgan fingerprint density at radius 1 is 1.10 bits per heavy atom. The highest BCUT2D eigenvalue weighted by Gasteiger charge is 2.23. The molecule has 1 atom stereocenters. The molecule has 1 fully saturated rings. The van der Waals surface area contributed by atoms with Gasteiger partial charge in [0.2, 0.25) is 0 Å². The number of hydrogen-bond donors (Lipinski definition) is 2. The zero-order chi connectivity index (χ0) is 22.2. The Balaban J connectivity index is 1.91. The zero-order valence-corrected chi connectivity index (χ0v) is 19.2. The lowest BCUT2D eigenvalue weighted by molar-refractivity contribution is -0.139. The van der Waals surface area contributed by atoms with Crippen LogP contribution in [0.4, 0.5) is 0 Å². The van der Waals surface area contributed by atoms with Crippen LogP contribution in [-0.2, 0) is 11.3 Å². The fourth-order valence-electron chi connectivity index (χ4n) is 4.09. The molecular weight excluding hydrogens is 408 g/mol. The van der Waals surface area contributed by atoms with Gasteiger partial charge in [-0.15, -0.1) is 0 Å². The third kappa shape index (κ3) is 6.34. The van der Waals surface area contributed by atoms with Gasteiger partial charge in [0.05, 0.1) is 0 Å². The van der Waals surface area contributed by atoms with E-state index in [1.807, 2.05) is 49.6 Å². The zero-order valence-electron chi connectivity index (χ0n) is 18.4. The molecule has 5 nitrogen and oxygen atoms in total. The van der Waals surface area contributed by atoms with E-state index in [4.69, 9.17) is 0 Å². The number of benzene rings is 2. The maximum atomic E-state index is 13.1. The minimum atomic E-state index is -0.999. The van der Waals surface area contributed by atoms with Gasteiger partial charge in [-0.2, -0.15) is 11.8 Å². The smallest absolute Gasteiger partial charge is 0.326 e. The predicted molar refractivity (Wildman–Crippen MR) is 128 cm³/mol. The summed E-state index contributed by atoms with van der Waals surface area (Å²) in [6, 6.07) is 13.1. The van der Waals surface area contributed by atoms with Gasteiger partial charge in [-0.3, -0.25) is 9.69 Å². The van der Waals surface area contributed by atoms with E-state index in [-0.39, 0.29) is 5.91 Å². The number of aryl methyl sites for hydroxylation is 1. The van der Waals surface area contributed by atoms with E-state index >= 15 is 0 Å². The van der Waals surface area contributed by atoms with Gasteiger partial charge < -0.3 is 10.4 Å². The van der Waals surface area contributed by atoms with Crippen LogP contribution in [-0.4, -0.2) is 53.0 Å². The largest absolute Gasteiger partial charge is 0.480 e. The number of carboxylic acid groups (broad SMARTS) is 1. The van der Waals surface area contributed by atoms with Crippen molar-refractivity contribution in [2.75, 3.05) is 25.1 Å². The van der Waals surface area contributed by atoms with Crippen molar-refractivity contribution in [3.63, 3.8) is 0 Å². The summed E-state index contributed by atoms with van der Waals surface area (Å²) in [6.45, 7) is 5.12. The number of thioether (sulfide) groups is 1. The summed E-state index contributed by atoms with van der Waals surface area (Å²) in [5, 5.41) is 12.3. The molecule has 166 valence electrons. The first kappa shape index (κ1) is 23.4. The van der Waals surface area contributed by atoms with Crippen molar-refractivity contribution in [2.45, 2.75) is 45.2 Å². The van der Waals surface area contributed by atoms with E-state index in [2.05, 4.69) is 16.3 Å². The molecule has 0 radical (unpaired) electrons. The van der Waals surface area contributed by atoms with E-state index in [1.165, 1.54) is 24.8 Å². The van der Waals surface area contributed by atoms with Crippen molar-refractivity contribution in [1.82, 2.24) is 10.2 Å². The molecule has 0 saturated carbocycles. The van der Waals surface area contributed by atoms with Crippen molar-refractivity contribution in [2.24, 2.45) is 0 Å². The number of amides is 1. The van der Waals surface area contributed by atoms with Gasteiger partial charge in [0.25, 0.3) is 5.91 Å². The number of rotatable bonds is 9. The number of carbonyl (C=O) groups is 2. The molecular formula is C25H32N2O3S. The number of hydrogen-bond acceptors (Lipinski definition) is 4. The summed E-state index contributed by atoms with van der Waals surface area (Å²) in [5.74, 6) is -0.658. The number of likely N-dealkylation sites (tertiary alicyclic amines) is 1. The maximum Gasteiger partial charge on any atom is 0.326 e. The molecule has 2 aromatic carbocycles. The Morgan fingerprint density at radius 3 is 2.52 bits per heavy atom. The van der Waals surface area contributed by atoms with Crippen LogP contribution in [0, 0.1) is 6.92 Å². The first-order valence-electron chi connectivity index (χ1n) is 10.9. The molecule has 1 heterocycles. The minimum absolute atomic E-state index is 0.337. The van der Waals surface area contributed by atoms with Crippen molar-refractivity contribution >= 4 is 23.6 Å². The first-order valence-corrected chi connectivity index (χ1v) is 12.3. The van der Waals surface area contributed by atoms with Crippen molar-refractivity contribution in [3.8, 4) is 11.1 Å². The lowest BCUT2D eigenvalue weighted by atomic mass is 9.93. The van der Waals surface area contributed by atoms with Gasteiger partial charge in [-0.1, -0.05) is 36.8 Å². The second kappa shape index (κ2) is 11.3. The Labute approximate surface area is 189 Å². The average molecular weight is 441 g/mol. The summed E-state index contributed by atoms with van der Waals surface area (Å²) in [7, 11) is 0. The summed E-state index contributed by atoms with van der Waals surface area (Å²) >= 11 is 1.57. The topological polar surface area (TPSA) is 69.6 Å². The molecule has 31 heavy (non-hydrogen) atoms. The van der Waals surface area contributed by atoms with Crippen LogP contribution in [0.2, 0.25) is 0 Å². The molecule has 1 aliphatic heterocycles. The molecule has 1 unspecified atom stereocenters. The Morgan fingerprint density at radius 2 is 1.84 bits per heavy atom. The third-order valence-corrected chi connectivity index (χ3v) is 6.48. The SMILES string of the molecule is CSCCC(NC(=O)c1ccc(CN2CCCCC2)cc1-c1ccccc1C)C(=O)O. The van der Waals surface area contributed by atoms with Crippen LogP contribution in [0.5, 0.6) is 0 Å². The lowest BCUT2D eigenvalue weighted by Gasteiger charge is -2.27.